The molecule has 0 saturated heterocycles. The van der Waals surface area contributed by atoms with Crippen LogP contribution < -0.4 is 0 Å². The molecule has 4 heteroatoms. The summed E-state index contributed by atoms with van der Waals surface area (Å²) in [4.78, 5) is 9.19. The van der Waals surface area contributed by atoms with Crippen LogP contribution in [0.3, 0.4) is 0 Å². The number of para-hydroxylation sites is 1. The number of fused-ring (bicyclic) bond motifs is 3. The van der Waals surface area contributed by atoms with Crippen molar-refractivity contribution in [2.75, 3.05) is 0 Å². The van der Waals surface area contributed by atoms with Crippen molar-refractivity contribution in [3.8, 4) is 0 Å². The topological polar surface area (TPSA) is 30.7 Å². The molecule has 0 N–H and O–H groups in total. The molecule has 2 heterocycles. The van der Waals surface area contributed by atoms with Crippen LogP contribution in [0.25, 0.3) is 21.9 Å². The third kappa shape index (κ3) is 2.30. The van der Waals surface area contributed by atoms with E-state index in [9.17, 15) is 0 Å². The first-order valence-electron chi connectivity index (χ1n) is 7.47. The summed E-state index contributed by atoms with van der Waals surface area (Å²) in [6.45, 7) is 6.75. The number of halogens is 1. The average molecular weight is 302 g/mol. The minimum Gasteiger partial charge on any atom is -0.323 e. The molecule has 3 aromatic rings. The van der Waals surface area contributed by atoms with Gasteiger partial charge in [0.15, 0.2) is 0 Å². The highest BCUT2D eigenvalue weighted by Crippen LogP contribution is 2.31. The maximum Gasteiger partial charge on any atom is 0.125 e. The SMILES string of the molecule is CCC(C)C(C)n1c(CCl)nc2cnc3ccccc3c21. The number of nitrogens with zero attached hydrogens (tertiary/aromatic N) is 3. The first-order valence-corrected chi connectivity index (χ1v) is 8.01. The van der Waals surface area contributed by atoms with Gasteiger partial charge in [0.05, 0.1) is 23.1 Å². The molecule has 0 radical (unpaired) electrons. The van der Waals surface area contributed by atoms with Gasteiger partial charge in [-0.1, -0.05) is 38.5 Å². The zero-order valence-corrected chi connectivity index (χ0v) is 13.4. The largest absolute Gasteiger partial charge is 0.323 e. The predicted molar refractivity (Wildman–Crippen MR) is 88.8 cm³/mol. The van der Waals surface area contributed by atoms with Gasteiger partial charge in [-0.25, -0.2) is 4.98 Å². The van der Waals surface area contributed by atoms with E-state index in [0.717, 1.165) is 34.2 Å². The molecule has 0 saturated carbocycles. The fourth-order valence-corrected chi connectivity index (χ4v) is 3.09. The number of benzene rings is 1. The second-order valence-corrected chi connectivity index (χ2v) is 5.93. The number of imidazole rings is 1. The van der Waals surface area contributed by atoms with E-state index in [4.69, 9.17) is 11.6 Å². The van der Waals surface area contributed by atoms with Crippen LogP contribution in [0.4, 0.5) is 0 Å². The maximum atomic E-state index is 6.14. The Labute approximate surface area is 130 Å². The lowest BCUT2D eigenvalue weighted by Crippen LogP contribution is -2.15. The second kappa shape index (κ2) is 5.64. The van der Waals surface area contributed by atoms with Crippen LogP contribution in [-0.2, 0) is 5.88 Å². The van der Waals surface area contributed by atoms with E-state index in [1.165, 1.54) is 0 Å². The third-order valence-electron chi connectivity index (χ3n) is 4.49. The molecule has 0 aliphatic carbocycles. The normalized spacial score (nSPS) is 14.7. The molecule has 0 spiro atoms. The number of aromatic nitrogens is 3. The quantitative estimate of drug-likeness (QED) is 0.640. The van der Waals surface area contributed by atoms with Gasteiger partial charge < -0.3 is 4.57 Å². The van der Waals surface area contributed by atoms with Crippen LogP contribution in [0.5, 0.6) is 0 Å². The third-order valence-corrected chi connectivity index (χ3v) is 4.73. The van der Waals surface area contributed by atoms with Crippen LogP contribution in [0.1, 0.15) is 39.1 Å². The fourth-order valence-electron chi connectivity index (χ4n) is 2.90. The smallest absolute Gasteiger partial charge is 0.125 e. The summed E-state index contributed by atoms with van der Waals surface area (Å²) >= 11 is 6.14. The average Bonchev–Trinajstić information content (AvgIpc) is 2.92. The zero-order chi connectivity index (χ0) is 15.0. The number of hydrogen-bond donors (Lipinski definition) is 0. The highest BCUT2D eigenvalue weighted by molar-refractivity contribution is 6.17. The Hall–Kier alpha value is -1.61. The molecule has 2 aromatic heterocycles. The fraction of sp³-hybridized carbons (Fsp3) is 0.412. The van der Waals surface area contributed by atoms with Crippen molar-refractivity contribution in [3.63, 3.8) is 0 Å². The molecular formula is C17H20ClN3. The molecule has 1 aromatic carbocycles. The van der Waals surface area contributed by atoms with Gasteiger partial charge in [-0.15, -0.1) is 11.6 Å². The van der Waals surface area contributed by atoms with Crippen molar-refractivity contribution in [2.45, 2.75) is 39.1 Å². The van der Waals surface area contributed by atoms with Crippen molar-refractivity contribution < 1.29 is 0 Å². The lowest BCUT2D eigenvalue weighted by molar-refractivity contribution is 0.372. The highest BCUT2D eigenvalue weighted by atomic mass is 35.5. The van der Waals surface area contributed by atoms with Gasteiger partial charge in [0.1, 0.15) is 11.3 Å². The van der Waals surface area contributed by atoms with Gasteiger partial charge in [-0.3, -0.25) is 4.98 Å². The molecule has 110 valence electrons. The monoisotopic (exact) mass is 301 g/mol. The Morgan fingerprint density at radius 1 is 1.19 bits per heavy atom. The van der Waals surface area contributed by atoms with Crippen LogP contribution >= 0.6 is 11.6 Å². The van der Waals surface area contributed by atoms with Gasteiger partial charge >= 0.3 is 0 Å². The Morgan fingerprint density at radius 3 is 2.67 bits per heavy atom. The first kappa shape index (κ1) is 14.3. The summed E-state index contributed by atoms with van der Waals surface area (Å²) in [5.74, 6) is 1.91. The molecule has 2 unspecified atom stereocenters. The summed E-state index contributed by atoms with van der Waals surface area (Å²) in [6.07, 6.45) is 2.99. The molecule has 3 rings (SSSR count). The minimum absolute atomic E-state index is 0.361. The van der Waals surface area contributed by atoms with E-state index in [0.29, 0.717) is 17.8 Å². The van der Waals surface area contributed by atoms with E-state index in [1.54, 1.807) is 0 Å². The molecule has 3 nitrogen and oxygen atoms in total. The predicted octanol–water partition coefficient (Wildman–Crippen LogP) is 4.93. The molecule has 0 aliphatic heterocycles. The Morgan fingerprint density at radius 2 is 1.95 bits per heavy atom. The van der Waals surface area contributed by atoms with Crippen LogP contribution in [-0.4, -0.2) is 14.5 Å². The second-order valence-electron chi connectivity index (χ2n) is 5.67. The number of pyridine rings is 1. The molecule has 21 heavy (non-hydrogen) atoms. The van der Waals surface area contributed by atoms with Crippen molar-refractivity contribution in [2.24, 2.45) is 5.92 Å². The van der Waals surface area contributed by atoms with E-state index in [2.05, 4.69) is 47.4 Å². The van der Waals surface area contributed by atoms with Gasteiger partial charge in [0.2, 0.25) is 0 Å². The van der Waals surface area contributed by atoms with Gasteiger partial charge in [0.25, 0.3) is 0 Å². The standard InChI is InChI=1S/C17H20ClN3/c1-4-11(2)12(3)21-16(9-18)20-15-10-19-14-8-6-5-7-13(14)17(15)21/h5-8,10-12H,4,9H2,1-3H3. The zero-order valence-electron chi connectivity index (χ0n) is 12.7. The van der Waals surface area contributed by atoms with Crippen LogP contribution in [0, 0.1) is 5.92 Å². The first-order chi connectivity index (χ1) is 10.2. The number of hydrogen-bond acceptors (Lipinski definition) is 2. The van der Waals surface area contributed by atoms with E-state index < -0.39 is 0 Å². The number of alkyl halides is 1. The van der Waals surface area contributed by atoms with Crippen molar-refractivity contribution >= 4 is 33.5 Å². The molecule has 0 bridgehead atoms. The van der Waals surface area contributed by atoms with Crippen LogP contribution in [0.2, 0.25) is 0 Å². The van der Waals surface area contributed by atoms with E-state index in [1.807, 2.05) is 18.3 Å². The molecule has 0 fully saturated rings. The summed E-state index contributed by atoms with van der Waals surface area (Å²) in [5, 5.41) is 1.15. The highest BCUT2D eigenvalue weighted by Gasteiger charge is 2.21. The van der Waals surface area contributed by atoms with Gasteiger partial charge in [0, 0.05) is 11.4 Å². The lowest BCUT2D eigenvalue weighted by atomic mass is 10.00. The summed E-state index contributed by atoms with van der Waals surface area (Å²) < 4.78 is 2.31. The Kier molecular flexibility index (Phi) is 3.85. The molecule has 0 amide bonds. The summed E-state index contributed by atoms with van der Waals surface area (Å²) in [7, 11) is 0. The van der Waals surface area contributed by atoms with Crippen molar-refractivity contribution in [1.29, 1.82) is 0 Å². The molecule has 2 atom stereocenters. The molecule has 0 aliphatic rings. The van der Waals surface area contributed by atoms with Crippen molar-refractivity contribution in [1.82, 2.24) is 14.5 Å². The summed E-state index contributed by atoms with van der Waals surface area (Å²) in [5.41, 5.74) is 3.09. The van der Waals surface area contributed by atoms with E-state index >= 15 is 0 Å². The number of rotatable bonds is 4. The minimum atomic E-state index is 0.361. The van der Waals surface area contributed by atoms with Crippen molar-refractivity contribution in [3.05, 3.63) is 36.3 Å². The maximum absolute atomic E-state index is 6.14. The van der Waals surface area contributed by atoms with E-state index in [-0.39, 0.29) is 0 Å². The molecular weight excluding hydrogens is 282 g/mol. The van der Waals surface area contributed by atoms with Crippen LogP contribution in [0.15, 0.2) is 30.5 Å². The summed E-state index contributed by atoms with van der Waals surface area (Å²) in [6, 6.07) is 8.59. The lowest BCUT2D eigenvalue weighted by Gasteiger charge is -2.23. The Balaban J connectivity index is 2.36. The van der Waals surface area contributed by atoms with Gasteiger partial charge in [-0.05, 0) is 18.9 Å². The van der Waals surface area contributed by atoms with Gasteiger partial charge in [-0.2, -0.15) is 0 Å². The Bertz CT molecular complexity index is 778.